The lowest BCUT2D eigenvalue weighted by molar-refractivity contribution is -0.136. The molecule has 1 atom stereocenters. The highest BCUT2D eigenvalue weighted by atomic mass is 16.5. The summed E-state index contributed by atoms with van der Waals surface area (Å²) in [4.78, 5) is 12.1. The summed E-state index contributed by atoms with van der Waals surface area (Å²) in [5.74, 6) is 0.909. The van der Waals surface area contributed by atoms with Gasteiger partial charge in [0.15, 0.2) is 0 Å². The normalized spacial score (nSPS) is 12.6. The molecule has 126 valence electrons. The first kappa shape index (κ1) is 17.8. The first-order chi connectivity index (χ1) is 11.5. The van der Waals surface area contributed by atoms with Gasteiger partial charge in [0.2, 0.25) is 0 Å². The smallest absolute Gasteiger partial charge is 0.317 e. The molecule has 2 aromatic rings. The van der Waals surface area contributed by atoms with Crippen molar-refractivity contribution < 1.29 is 14.3 Å². The standard InChI is InChI=1S/C21H24O3/c1-5-15(2)14-16(3)21(22)24-20-12-8-18(9-13-20)17-6-10-19(23-4)11-7-17/h6-14,16H,5H2,1-4H3/b15-14-. The maximum atomic E-state index is 12.1. The molecule has 3 nitrogen and oxygen atoms in total. The van der Waals surface area contributed by atoms with E-state index in [-0.39, 0.29) is 11.9 Å². The van der Waals surface area contributed by atoms with Crippen molar-refractivity contribution in [2.75, 3.05) is 7.11 Å². The van der Waals surface area contributed by atoms with Gasteiger partial charge in [0.05, 0.1) is 13.0 Å². The number of hydrogen-bond acceptors (Lipinski definition) is 3. The number of carbonyl (C=O) groups is 1. The minimum atomic E-state index is -0.244. The van der Waals surface area contributed by atoms with Crippen molar-refractivity contribution in [1.29, 1.82) is 0 Å². The Bertz CT molecular complexity index is 697. The van der Waals surface area contributed by atoms with Crippen molar-refractivity contribution in [3.63, 3.8) is 0 Å². The Morgan fingerprint density at radius 1 is 1.00 bits per heavy atom. The van der Waals surface area contributed by atoms with Gasteiger partial charge in [-0.25, -0.2) is 0 Å². The average Bonchev–Trinajstić information content (AvgIpc) is 2.62. The van der Waals surface area contributed by atoms with E-state index in [1.165, 1.54) is 5.57 Å². The summed E-state index contributed by atoms with van der Waals surface area (Å²) in [6, 6.07) is 15.4. The van der Waals surface area contributed by atoms with E-state index in [0.29, 0.717) is 5.75 Å². The van der Waals surface area contributed by atoms with Gasteiger partial charge in [0.25, 0.3) is 0 Å². The van der Waals surface area contributed by atoms with Crippen molar-refractivity contribution in [3.05, 3.63) is 60.2 Å². The van der Waals surface area contributed by atoms with Crippen LogP contribution >= 0.6 is 0 Å². The van der Waals surface area contributed by atoms with Crippen LogP contribution in [-0.2, 0) is 4.79 Å². The molecule has 0 aliphatic rings. The largest absolute Gasteiger partial charge is 0.497 e. The number of carbonyl (C=O) groups excluding carboxylic acids is 1. The molecule has 0 saturated heterocycles. The Kier molecular flexibility index (Phi) is 6.19. The molecule has 0 aromatic heterocycles. The van der Waals surface area contributed by atoms with E-state index in [4.69, 9.17) is 9.47 Å². The molecular formula is C21H24O3. The summed E-state index contributed by atoms with van der Waals surface area (Å²) in [5.41, 5.74) is 3.34. The molecule has 2 rings (SSSR count). The fourth-order valence-corrected chi connectivity index (χ4v) is 2.32. The molecule has 0 bridgehead atoms. The number of rotatable bonds is 6. The molecule has 0 aliphatic carbocycles. The minimum absolute atomic E-state index is 0.236. The molecule has 0 spiro atoms. The number of esters is 1. The molecule has 0 fully saturated rings. The van der Waals surface area contributed by atoms with Crippen LogP contribution in [-0.4, -0.2) is 13.1 Å². The van der Waals surface area contributed by atoms with Gasteiger partial charge in [0, 0.05) is 0 Å². The van der Waals surface area contributed by atoms with Crippen LogP contribution < -0.4 is 9.47 Å². The van der Waals surface area contributed by atoms with E-state index < -0.39 is 0 Å². The van der Waals surface area contributed by atoms with Crippen LogP contribution in [0.25, 0.3) is 11.1 Å². The van der Waals surface area contributed by atoms with Gasteiger partial charge in [-0.2, -0.15) is 0 Å². The molecule has 2 aromatic carbocycles. The van der Waals surface area contributed by atoms with Crippen molar-refractivity contribution in [3.8, 4) is 22.6 Å². The Balaban J connectivity index is 2.04. The van der Waals surface area contributed by atoms with Crippen LogP contribution in [0, 0.1) is 5.92 Å². The predicted octanol–water partition coefficient (Wildman–Crippen LogP) is 5.26. The monoisotopic (exact) mass is 324 g/mol. The lowest BCUT2D eigenvalue weighted by atomic mass is 10.1. The zero-order valence-electron chi connectivity index (χ0n) is 14.7. The number of methoxy groups -OCH3 is 1. The van der Waals surface area contributed by atoms with Crippen molar-refractivity contribution >= 4 is 5.97 Å². The molecule has 1 unspecified atom stereocenters. The average molecular weight is 324 g/mol. The zero-order chi connectivity index (χ0) is 17.5. The van der Waals surface area contributed by atoms with Crippen molar-refractivity contribution in [2.45, 2.75) is 27.2 Å². The third-order valence-corrected chi connectivity index (χ3v) is 3.96. The topological polar surface area (TPSA) is 35.5 Å². The summed E-state index contributed by atoms with van der Waals surface area (Å²) in [6.07, 6.45) is 2.89. The predicted molar refractivity (Wildman–Crippen MR) is 97.3 cm³/mol. The van der Waals surface area contributed by atoms with Gasteiger partial charge in [-0.1, -0.05) is 42.8 Å². The van der Waals surface area contributed by atoms with E-state index >= 15 is 0 Å². The fourth-order valence-electron chi connectivity index (χ4n) is 2.32. The molecule has 3 heteroatoms. The Labute approximate surface area is 143 Å². The van der Waals surface area contributed by atoms with Gasteiger partial charge >= 0.3 is 5.97 Å². The molecule has 0 heterocycles. The zero-order valence-corrected chi connectivity index (χ0v) is 14.7. The van der Waals surface area contributed by atoms with Crippen LogP contribution in [0.4, 0.5) is 0 Å². The number of allylic oxidation sites excluding steroid dienone is 1. The van der Waals surface area contributed by atoms with Crippen molar-refractivity contribution in [1.82, 2.24) is 0 Å². The van der Waals surface area contributed by atoms with E-state index in [1.54, 1.807) is 7.11 Å². The highest BCUT2D eigenvalue weighted by molar-refractivity contribution is 5.77. The Morgan fingerprint density at radius 3 is 1.96 bits per heavy atom. The van der Waals surface area contributed by atoms with Gasteiger partial charge < -0.3 is 9.47 Å². The molecule has 0 N–H and O–H groups in total. The maximum Gasteiger partial charge on any atom is 0.317 e. The van der Waals surface area contributed by atoms with Gasteiger partial charge in [-0.05, 0) is 55.7 Å². The van der Waals surface area contributed by atoms with Crippen LogP contribution in [0.2, 0.25) is 0 Å². The van der Waals surface area contributed by atoms with Gasteiger partial charge in [-0.15, -0.1) is 0 Å². The summed E-state index contributed by atoms with van der Waals surface area (Å²) in [7, 11) is 1.65. The van der Waals surface area contributed by atoms with Crippen LogP contribution in [0.15, 0.2) is 60.2 Å². The van der Waals surface area contributed by atoms with Crippen LogP contribution in [0.5, 0.6) is 11.5 Å². The molecule has 0 aliphatic heterocycles. The quantitative estimate of drug-likeness (QED) is 0.413. The van der Waals surface area contributed by atoms with Crippen LogP contribution in [0.3, 0.4) is 0 Å². The first-order valence-electron chi connectivity index (χ1n) is 8.17. The molecular weight excluding hydrogens is 300 g/mol. The first-order valence-corrected chi connectivity index (χ1v) is 8.17. The van der Waals surface area contributed by atoms with E-state index in [9.17, 15) is 4.79 Å². The fraction of sp³-hybridized carbons (Fsp3) is 0.286. The summed E-state index contributed by atoms with van der Waals surface area (Å²) in [6.45, 7) is 5.95. The molecule has 0 saturated carbocycles. The minimum Gasteiger partial charge on any atom is -0.497 e. The van der Waals surface area contributed by atoms with Gasteiger partial charge in [0.1, 0.15) is 11.5 Å². The number of ether oxygens (including phenoxy) is 2. The van der Waals surface area contributed by atoms with Crippen LogP contribution in [0.1, 0.15) is 27.2 Å². The Morgan fingerprint density at radius 2 is 1.50 bits per heavy atom. The maximum absolute atomic E-state index is 12.1. The summed E-state index contributed by atoms with van der Waals surface area (Å²) in [5, 5.41) is 0. The highest BCUT2D eigenvalue weighted by Gasteiger charge is 2.13. The second kappa shape index (κ2) is 8.34. The molecule has 0 amide bonds. The van der Waals surface area contributed by atoms with E-state index in [1.807, 2.05) is 68.5 Å². The van der Waals surface area contributed by atoms with E-state index in [2.05, 4.69) is 6.92 Å². The highest BCUT2D eigenvalue weighted by Crippen LogP contribution is 2.25. The van der Waals surface area contributed by atoms with Crippen molar-refractivity contribution in [2.24, 2.45) is 5.92 Å². The SMILES string of the molecule is CC/C(C)=C\C(C)C(=O)Oc1ccc(-c2ccc(OC)cc2)cc1. The molecule has 24 heavy (non-hydrogen) atoms. The van der Waals surface area contributed by atoms with E-state index in [0.717, 1.165) is 23.3 Å². The number of hydrogen-bond donors (Lipinski definition) is 0. The second-order valence-corrected chi connectivity index (χ2v) is 5.83. The van der Waals surface area contributed by atoms with Gasteiger partial charge in [-0.3, -0.25) is 4.79 Å². The summed E-state index contributed by atoms with van der Waals surface area (Å²) < 4.78 is 10.6. The molecule has 0 radical (unpaired) electrons. The second-order valence-electron chi connectivity index (χ2n) is 5.83. The third-order valence-electron chi connectivity index (χ3n) is 3.96. The third kappa shape index (κ3) is 4.72. The lowest BCUT2D eigenvalue weighted by Gasteiger charge is -2.10. The lowest BCUT2D eigenvalue weighted by Crippen LogP contribution is -2.16. The Hall–Kier alpha value is -2.55. The summed E-state index contributed by atoms with van der Waals surface area (Å²) >= 11 is 0. The number of benzene rings is 2.